The van der Waals surface area contributed by atoms with Crippen molar-refractivity contribution >= 4 is 23.3 Å². The fraction of sp³-hybridized carbons (Fsp3) is 0.571. The van der Waals surface area contributed by atoms with Gasteiger partial charge in [0.25, 0.3) is 5.91 Å². The van der Waals surface area contributed by atoms with E-state index >= 15 is 0 Å². The minimum Gasteiger partial charge on any atom is -0.484 e. The second kappa shape index (κ2) is 8.31. The van der Waals surface area contributed by atoms with Crippen LogP contribution in [0.5, 0.6) is 5.75 Å². The predicted octanol–water partition coefficient (Wildman–Crippen LogP) is 1.79. The van der Waals surface area contributed by atoms with E-state index in [1.54, 1.807) is 21.9 Å². The number of carbonyl (C=O) groups is 3. The maximum absolute atomic E-state index is 12.7. The number of hydrogen-bond acceptors (Lipinski definition) is 5. The van der Waals surface area contributed by atoms with Crippen LogP contribution in [-0.4, -0.2) is 61.4 Å². The third-order valence-corrected chi connectivity index (χ3v) is 5.89. The van der Waals surface area contributed by atoms with Crippen molar-refractivity contribution in [3.05, 3.63) is 24.3 Å². The highest BCUT2D eigenvalue weighted by Crippen LogP contribution is 2.29. The molecule has 28 heavy (non-hydrogen) atoms. The van der Waals surface area contributed by atoms with Crippen LogP contribution in [0.2, 0.25) is 0 Å². The summed E-state index contributed by atoms with van der Waals surface area (Å²) in [6.07, 6.45) is 3.80. The molecule has 2 amide bonds. The summed E-state index contributed by atoms with van der Waals surface area (Å²) in [4.78, 5) is 40.2. The van der Waals surface area contributed by atoms with Gasteiger partial charge < -0.3 is 19.3 Å². The molecule has 2 atom stereocenters. The van der Waals surface area contributed by atoms with Gasteiger partial charge in [0.2, 0.25) is 5.91 Å². The number of Topliss-reactive ketones (excluding diaryl/α,β-unsaturated/α-hetero) is 1. The van der Waals surface area contributed by atoms with Crippen molar-refractivity contribution in [1.82, 2.24) is 4.90 Å². The molecular formula is C21H26N2O5. The quantitative estimate of drug-likeness (QED) is 0.771. The number of carbonyl (C=O) groups excluding carboxylic acids is 3. The van der Waals surface area contributed by atoms with Crippen LogP contribution >= 0.6 is 0 Å². The Morgan fingerprint density at radius 2 is 1.93 bits per heavy atom. The second-order valence-corrected chi connectivity index (χ2v) is 7.63. The van der Waals surface area contributed by atoms with Crippen molar-refractivity contribution in [2.24, 2.45) is 5.92 Å². The Balaban J connectivity index is 1.35. The number of benzene rings is 1. The normalized spacial score (nSPS) is 25.4. The summed E-state index contributed by atoms with van der Waals surface area (Å²) in [7, 11) is 0. The van der Waals surface area contributed by atoms with E-state index in [1.165, 1.54) is 0 Å². The molecule has 4 rings (SSSR count). The van der Waals surface area contributed by atoms with Gasteiger partial charge in [0, 0.05) is 37.5 Å². The Morgan fingerprint density at radius 3 is 2.61 bits per heavy atom. The molecule has 3 fully saturated rings. The number of ether oxygens (including phenoxy) is 2. The van der Waals surface area contributed by atoms with Crippen LogP contribution in [0.4, 0.5) is 5.69 Å². The number of ketones is 1. The van der Waals surface area contributed by atoms with E-state index in [-0.39, 0.29) is 36.2 Å². The third kappa shape index (κ3) is 3.90. The summed E-state index contributed by atoms with van der Waals surface area (Å²) in [6.45, 7) is 2.07. The highest BCUT2D eigenvalue weighted by Gasteiger charge is 2.39. The highest BCUT2D eigenvalue weighted by molar-refractivity contribution is 5.95. The maximum Gasteiger partial charge on any atom is 0.260 e. The highest BCUT2D eigenvalue weighted by atomic mass is 16.5. The molecule has 7 heteroatoms. The number of anilines is 1. The monoisotopic (exact) mass is 386 g/mol. The van der Waals surface area contributed by atoms with Crippen LogP contribution in [-0.2, 0) is 19.1 Å². The van der Waals surface area contributed by atoms with Gasteiger partial charge in [-0.3, -0.25) is 14.4 Å². The minimum atomic E-state index is -0.177. The fourth-order valence-corrected chi connectivity index (χ4v) is 4.39. The molecule has 0 spiro atoms. The fourth-order valence-electron chi connectivity index (χ4n) is 4.39. The molecule has 1 aromatic carbocycles. The minimum absolute atomic E-state index is 0.0700. The van der Waals surface area contributed by atoms with Crippen LogP contribution in [0.15, 0.2) is 24.3 Å². The molecule has 2 unspecified atom stereocenters. The van der Waals surface area contributed by atoms with E-state index in [1.807, 2.05) is 12.1 Å². The molecule has 0 radical (unpaired) electrons. The molecule has 2 saturated heterocycles. The Morgan fingerprint density at radius 1 is 1.11 bits per heavy atom. The third-order valence-electron chi connectivity index (χ3n) is 5.89. The molecule has 1 saturated carbocycles. The number of nitrogens with zero attached hydrogens (tertiary/aromatic N) is 2. The van der Waals surface area contributed by atoms with Crippen molar-refractivity contribution in [3.8, 4) is 5.75 Å². The summed E-state index contributed by atoms with van der Waals surface area (Å²) in [5, 5.41) is 0. The van der Waals surface area contributed by atoms with Crippen LogP contribution < -0.4 is 9.64 Å². The Bertz CT molecular complexity index is 748. The SMILES string of the molecule is O=C1CCCC1C1COCCN1C(=O)COc1ccc(N2CCCC2=O)cc1. The Kier molecular flexibility index (Phi) is 5.62. The molecule has 7 nitrogen and oxygen atoms in total. The first-order chi connectivity index (χ1) is 13.6. The second-order valence-electron chi connectivity index (χ2n) is 7.63. The van der Waals surface area contributed by atoms with Crippen molar-refractivity contribution in [2.45, 2.75) is 38.1 Å². The first-order valence-corrected chi connectivity index (χ1v) is 10.1. The van der Waals surface area contributed by atoms with Crippen LogP contribution in [0.25, 0.3) is 0 Å². The topological polar surface area (TPSA) is 76.2 Å². The molecular weight excluding hydrogens is 360 g/mol. The Hall–Kier alpha value is -2.41. The lowest BCUT2D eigenvalue weighted by Gasteiger charge is -2.38. The summed E-state index contributed by atoms with van der Waals surface area (Å²) in [5.74, 6) is 0.740. The number of rotatable bonds is 5. The molecule has 1 aromatic rings. The molecule has 2 aliphatic heterocycles. The zero-order valence-corrected chi connectivity index (χ0v) is 16.0. The van der Waals surface area contributed by atoms with Gasteiger partial charge in [-0.2, -0.15) is 0 Å². The summed E-state index contributed by atoms with van der Waals surface area (Å²) in [5.41, 5.74) is 0.856. The number of hydrogen-bond donors (Lipinski definition) is 0. The zero-order valence-electron chi connectivity index (χ0n) is 16.0. The van der Waals surface area contributed by atoms with Gasteiger partial charge in [-0.25, -0.2) is 0 Å². The molecule has 0 aromatic heterocycles. The van der Waals surface area contributed by atoms with E-state index in [9.17, 15) is 14.4 Å². The largest absolute Gasteiger partial charge is 0.484 e. The van der Waals surface area contributed by atoms with Crippen molar-refractivity contribution < 1.29 is 23.9 Å². The molecule has 2 heterocycles. The van der Waals surface area contributed by atoms with E-state index in [4.69, 9.17) is 9.47 Å². The molecule has 150 valence electrons. The van der Waals surface area contributed by atoms with Crippen LogP contribution in [0.1, 0.15) is 32.1 Å². The lowest BCUT2D eigenvalue weighted by molar-refractivity contribution is -0.146. The van der Waals surface area contributed by atoms with Gasteiger partial charge >= 0.3 is 0 Å². The summed E-state index contributed by atoms with van der Waals surface area (Å²) < 4.78 is 11.2. The maximum atomic E-state index is 12.7. The van der Waals surface area contributed by atoms with Crippen molar-refractivity contribution in [3.63, 3.8) is 0 Å². The van der Waals surface area contributed by atoms with Gasteiger partial charge in [0.15, 0.2) is 6.61 Å². The average Bonchev–Trinajstić information content (AvgIpc) is 3.34. The number of amides is 2. The van der Waals surface area contributed by atoms with Crippen LogP contribution in [0.3, 0.4) is 0 Å². The van der Waals surface area contributed by atoms with Gasteiger partial charge in [-0.15, -0.1) is 0 Å². The van der Waals surface area contributed by atoms with Gasteiger partial charge in [0.1, 0.15) is 11.5 Å². The van der Waals surface area contributed by atoms with E-state index in [2.05, 4.69) is 0 Å². The zero-order chi connectivity index (χ0) is 19.5. The lowest BCUT2D eigenvalue weighted by Crippen LogP contribution is -2.54. The average molecular weight is 386 g/mol. The first kappa shape index (κ1) is 18.9. The Labute approximate surface area is 164 Å². The summed E-state index contributed by atoms with van der Waals surface area (Å²) >= 11 is 0. The van der Waals surface area contributed by atoms with E-state index < -0.39 is 0 Å². The summed E-state index contributed by atoms with van der Waals surface area (Å²) in [6, 6.07) is 7.08. The molecule has 1 aliphatic carbocycles. The van der Waals surface area contributed by atoms with Gasteiger partial charge in [-0.05, 0) is 43.5 Å². The van der Waals surface area contributed by atoms with Gasteiger partial charge in [-0.1, -0.05) is 0 Å². The molecule has 3 aliphatic rings. The standard InChI is InChI=1S/C21H26N2O5/c24-19-4-1-3-17(19)18-13-27-12-11-23(18)21(26)14-28-16-8-6-15(7-9-16)22-10-2-5-20(22)25/h6-9,17-18H,1-5,10-14H2. The van der Waals surface area contributed by atoms with Crippen LogP contribution in [0, 0.1) is 5.92 Å². The lowest BCUT2D eigenvalue weighted by atomic mass is 9.95. The molecule has 0 N–H and O–H groups in total. The van der Waals surface area contributed by atoms with E-state index in [0.29, 0.717) is 38.3 Å². The smallest absolute Gasteiger partial charge is 0.260 e. The molecule has 0 bridgehead atoms. The number of morpholine rings is 1. The van der Waals surface area contributed by atoms with Crippen molar-refractivity contribution in [1.29, 1.82) is 0 Å². The first-order valence-electron chi connectivity index (χ1n) is 10.1. The predicted molar refractivity (Wildman–Crippen MR) is 102 cm³/mol. The van der Waals surface area contributed by atoms with Gasteiger partial charge in [0.05, 0.1) is 19.3 Å². The van der Waals surface area contributed by atoms with E-state index in [0.717, 1.165) is 31.5 Å². The van der Waals surface area contributed by atoms with Crippen molar-refractivity contribution in [2.75, 3.05) is 37.8 Å².